The third kappa shape index (κ3) is 3.01. The summed E-state index contributed by atoms with van der Waals surface area (Å²) in [6, 6.07) is 9.31. The quantitative estimate of drug-likeness (QED) is 0.853. The van der Waals surface area contributed by atoms with Gasteiger partial charge in [0, 0.05) is 23.1 Å². The molecule has 2 atom stereocenters. The highest BCUT2D eigenvalue weighted by molar-refractivity contribution is 5.83. The van der Waals surface area contributed by atoms with Gasteiger partial charge in [0.25, 0.3) is 0 Å². The molecule has 1 saturated carbocycles. The Morgan fingerprint density at radius 2 is 2.16 bits per heavy atom. The lowest BCUT2D eigenvalue weighted by Gasteiger charge is -2.27. The summed E-state index contributed by atoms with van der Waals surface area (Å²) in [5, 5.41) is 5.12. The van der Waals surface area contributed by atoms with E-state index < -0.39 is 0 Å². The maximum Gasteiger partial charge on any atom is 0.0456 e. The normalized spacial score (nSPS) is 23.8. The molecule has 2 N–H and O–H groups in total. The van der Waals surface area contributed by atoms with Gasteiger partial charge in [0.15, 0.2) is 0 Å². The highest BCUT2D eigenvalue weighted by Gasteiger charge is 2.17. The lowest BCUT2D eigenvalue weighted by atomic mass is 9.87. The Balaban J connectivity index is 1.55. The summed E-state index contributed by atoms with van der Waals surface area (Å²) in [5.41, 5.74) is 2.69. The number of aromatic nitrogens is 1. The monoisotopic (exact) mass is 256 g/mol. The summed E-state index contributed by atoms with van der Waals surface area (Å²) in [6.07, 6.45) is 8.81. The molecule has 1 fully saturated rings. The zero-order valence-electron chi connectivity index (χ0n) is 11.8. The van der Waals surface area contributed by atoms with Crippen LogP contribution in [0, 0.1) is 5.92 Å². The van der Waals surface area contributed by atoms with E-state index in [0.717, 1.165) is 24.9 Å². The average molecular weight is 256 g/mol. The van der Waals surface area contributed by atoms with Gasteiger partial charge in [0.2, 0.25) is 0 Å². The molecule has 0 saturated heterocycles. The lowest BCUT2D eigenvalue weighted by molar-refractivity contribution is 0.303. The zero-order chi connectivity index (χ0) is 13.1. The van der Waals surface area contributed by atoms with Crippen molar-refractivity contribution in [3.05, 3.63) is 36.0 Å². The number of hydrogen-bond donors (Lipinski definition) is 2. The first-order valence-corrected chi connectivity index (χ1v) is 7.61. The summed E-state index contributed by atoms with van der Waals surface area (Å²) in [5.74, 6) is 0.902. The maximum atomic E-state index is 3.74. The molecular formula is C17H24N2. The highest BCUT2D eigenvalue weighted by atomic mass is 14.9. The topological polar surface area (TPSA) is 27.8 Å². The fraction of sp³-hybridized carbons (Fsp3) is 0.529. The van der Waals surface area contributed by atoms with Gasteiger partial charge in [0.1, 0.15) is 0 Å². The molecule has 0 spiro atoms. The number of para-hydroxylation sites is 1. The standard InChI is InChI=1S/C17H24N2/c1-13-5-4-6-15(11-13)18-10-9-14-12-19-17-8-3-2-7-16(14)17/h2-3,7-8,12-13,15,18-19H,4-6,9-11H2,1H3/t13-,15-/m0/s1. The third-order valence-electron chi connectivity index (χ3n) is 4.44. The predicted octanol–water partition coefficient (Wildman–Crippen LogP) is 3.88. The van der Waals surface area contributed by atoms with Gasteiger partial charge in [-0.25, -0.2) is 0 Å². The fourth-order valence-electron chi connectivity index (χ4n) is 3.37. The van der Waals surface area contributed by atoms with E-state index in [9.17, 15) is 0 Å². The van der Waals surface area contributed by atoms with Crippen molar-refractivity contribution in [2.24, 2.45) is 5.92 Å². The second-order valence-electron chi connectivity index (χ2n) is 6.03. The van der Waals surface area contributed by atoms with E-state index in [-0.39, 0.29) is 0 Å². The number of rotatable bonds is 4. The van der Waals surface area contributed by atoms with Crippen LogP contribution in [0.4, 0.5) is 0 Å². The molecule has 19 heavy (non-hydrogen) atoms. The van der Waals surface area contributed by atoms with Gasteiger partial charge in [-0.3, -0.25) is 0 Å². The molecule has 0 aliphatic heterocycles. The summed E-state index contributed by atoms with van der Waals surface area (Å²) >= 11 is 0. The number of H-pyrrole nitrogens is 1. The van der Waals surface area contributed by atoms with Crippen molar-refractivity contribution < 1.29 is 0 Å². The minimum Gasteiger partial charge on any atom is -0.361 e. The van der Waals surface area contributed by atoms with Crippen LogP contribution in [-0.2, 0) is 6.42 Å². The minimum atomic E-state index is 0.744. The molecule has 2 nitrogen and oxygen atoms in total. The number of nitrogens with one attached hydrogen (secondary N) is 2. The Labute approximate surface area is 115 Å². The van der Waals surface area contributed by atoms with Crippen molar-refractivity contribution in [2.45, 2.75) is 45.1 Å². The van der Waals surface area contributed by atoms with Gasteiger partial charge >= 0.3 is 0 Å². The summed E-state index contributed by atoms with van der Waals surface area (Å²) in [4.78, 5) is 3.36. The number of fused-ring (bicyclic) bond motifs is 1. The van der Waals surface area contributed by atoms with Crippen molar-refractivity contribution in [1.82, 2.24) is 10.3 Å². The van der Waals surface area contributed by atoms with Crippen molar-refractivity contribution >= 4 is 10.9 Å². The van der Waals surface area contributed by atoms with E-state index in [0.29, 0.717) is 0 Å². The van der Waals surface area contributed by atoms with Crippen LogP contribution in [0.3, 0.4) is 0 Å². The average Bonchev–Trinajstić information content (AvgIpc) is 2.83. The maximum absolute atomic E-state index is 3.74. The van der Waals surface area contributed by atoms with E-state index in [4.69, 9.17) is 0 Å². The summed E-state index contributed by atoms with van der Waals surface area (Å²) in [7, 11) is 0. The van der Waals surface area contributed by atoms with E-state index in [1.54, 1.807) is 0 Å². The first-order valence-electron chi connectivity index (χ1n) is 7.61. The molecular weight excluding hydrogens is 232 g/mol. The van der Waals surface area contributed by atoms with Crippen LogP contribution in [0.1, 0.15) is 38.2 Å². The Morgan fingerprint density at radius 3 is 3.05 bits per heavy atom. The molecule has 1 aromatic carbocycles. The molecule has 2 heteroatoms. The van der Waals surface area contributed by atoms with E-state index in [2.05, 4.69) is 47.7 Å². The second kappa shape index (κ2) is 5.79. The van der Waals surface area contributed by atoms with Crippen LogP contribution in [-0.4, -0.2) is 17.6 Å². The zero-order valence-corrected chi connectivity index (χ0v) is 11.8. The first-order chi connectivity index (χ1) is 9.33. The van der Waals surface area contributed by atoms with Crippen LogP contribution in [0.2, 0.25) is 0 Å². The van der Waals surface area contributed by atoms with Crippen molar-refractivity contribution in [3.63, 3.8) is 0 Å². The van der Waals surface area contributed by atoms with Crippen molar-refractivity contribution in [1.29, 1.82) is 0 Å². The molecule has 3 rings (SSSR count). The van der Waals surface area contributed by atoms with Crippen LogP contribution in [0.5, 0.6) is 0 Å². The highest BCUT2D eigenvalue weighted by Crippen LogP contribution is 2.23. The van der Waals surface area contributed by atoms with Crippen molar-refractivity contribution in [3.8, 4) is 0 Å². The minimum absolute atomic E-state index is 0.744. The molecule has 0 bridgehead atoms. The molecule has 0 amide bonds. The van der Waals surface area contributed by atoms with E-state index >= 15 is 0 Å². The molecule has 0 radical (unpaired) electrons. The van der Waals surface area contributed by atoms with Gasteiger partial charge in [-0.2, -0.15) is 0 Å². The molecule has 0 unspecified atom stereocenters. The van der Waals surface area contributed by atoms with Crippen LogP contribution < -0.4 is 5.32 Å². The second-order valence-corrected chi connectivity index (χ2v) is 6.03. The van der Waals surface area contributed by atoms with Crippen LogP contribution in [0.25, 0.3) is 10.9 Å². The summed E-state index contributed by atoms with van der Waals surface area (Å²) < 4.78 is 0. The summed E-state index contributed by atoms with van der Waals surface area (Å²) in [6.45, 7) is 3.48. The SMILES string of the molecule is C[C@H]1CCC[C@H](NCCc2c[nH]c3ccccc23)C1. The van der Waals surface area contributed by atoms with Crippen LogP contribution in [0.15, 0.2) is 30.5 Å². The van der Waals surface area contributed by atoms with Gasteiger partial charge < -0.3 is 10.3 Å². The van der Waals surface area contributed by atoms with Crippen molar-refractivity contribution in [2.75, 3.05) is 6.54 Å². The number of aromatic amines is 1. The Bertz CT molecular complexity index is 529. The number of hydrogen-bond acceptors (Lipinski definition) is 1. The van der Waals surface area contributed by atoms with E-state index in [1.807, 2.05) is 0 Å². The molecule has 102 valence electrons. The number of benzene rings is 1. The molecule has 1 aromatic heterocycles. The third-order valence-corrected chi connectivity index (χ3v) is 4.44. The van der Waals surface area contributed by atoms with Gasteiger partial charge in [-0.15, -0.1) is 0 Å². The molecule has 1 heterocycles. The first kappa shape index (κ1) is 12.7. The fourth-order valence-corrected chi connectivity index (χ4v) is 3.37. The largest absolute Gasteiger partial charge is 0.361 e. The van der Waals surface area contributed by atoms with Gasteiger partial charge in [-0.05, 0) is 43.4 Å². The Morgan fingerprint density at radius 1 is 1.26 bits per heavy atom. The van der Waals surface area contributed by atoms with Gasteiger partial charge in [-0.1, -0.05) is 38.0 Å². The Kier molecular flexibility index (Phi) is 3.88. The lowest BCUT2D eigenvalue weighted by Crippen LogP contribution is -2.34. The van der Waals surface area contributed by atoms with Crippen LogP contribution >= 0.6 is 0 Å². The van der Waals surface area contributed by atoms with E-state index in [1.165, 1.54) is 42.1 Å². The smallest absolute Gasteiger partial charge is 0.0456 e. The molecule has 1 aliphatic carbocycles. The van der Waals surface area contributed by atoms with Gasteiger partial charge in [0.05, 0.1) is 0 Å². The Hall–Kier alpha value is -1.28. The molecule has 2 aromatic rings. The molecule has 1 aliphatic rings. The predicted molar refractivity (Wildman–Crippen MR) is 81.4 cm³/mol.